The van der Waals surface area contributed by atoms with E-state index < -0.39 is 0 Å². The largest absolute Gasteiger partial charge is 0.488 e. The Morgan fingerprint density at radius 3 is 2.27 bits per heavy atom. The van der Waals surface area contributed by atoms with Gasteiger partial charge < -0.3 is 4.74 Å². The van der Waals surface area contributed by atoms with Gasteiger partial charge in [-0.1, -0.05) is 60.7 Å². The molecule has 3 aromatic rings. The second kappa shape index (κ2) is 6.60. The number of rotatable bonds is 3. The Labute approximate surface area is 153 Å². The van der Waals surface area contributed by atoms with Crippen LogP contribution in [-0.2, 0) is 6.61 Å². The molecule has 0 heterocycles. The average Bonchev–Trinajstić information content (AvgIpc) is 2.69. The highest BCUT2D eigenvalue weighted by atomic mass is 16.5. The summed E-state index contributed by atoms with van der Waals surface area (Å²) in [5.74, 6) is 0.602. The molecule has 26 heavy (non-hydrogen) atoms. The lowest BCUT2D eigenvalue weighted by atomic mass is 9.81. The molecule has 3 aromatic carbocycles. The van der Waals surface area contributed by atoms with Gasteiger partial charge in [0.1, 0.15) is 12.4 Å². The van der Waals surface area contributed by atoms with Gasteiger partial charge in [0, 0.05) is 23.7 Å². The summed E-state index contributed by atoms with van der Waals surface area (Å²) in [6.07, 6.45) is 0. The maximum Gasteiger partial charge on any atom is 0.198 e. The smallest absolute Gasteiger partial charge is 0.198 e. The normalized spacial score (nSPS) is 14.1. The van der Waals surface area contributed by atoms with Crippen LogP contribution < -0.4 is 4.74 Å². The van der Waals surface area contributed by atoms with E-state index in [9.17, 15) is 4.79 Å². The lowest BCUT2D eigenvalue weighted by Gasteiger charge is -2.24. The van der Waals surface area contributed by atoms with Gasteiger partial charge in [0.15, 0.2) is 5.78 Å². The van der Waals surface area contributed by atoms with Crippen molar-refractivity contribution in [2.75, 3.05) is 7.05 Å². The van der Waals surface area contributed by atoms with Gasteiger partial charge in [0.2, 0.25) is 0 Å². The lowest BCUT2D eigenvalue weighted by molar-refractivity contribution is 0.103. The number of fused-ring (bicyclic) bond motifs is 2. The number of ether oxygens (including phenoxy) is 1. The van der Waals surface area contributed by atoms with Crippen LogP contribution in [0.25, 0.3) is 0 Å². The molecule has 0 aromatic heterocycles. The first kappa shape index (κ1) is 16.3. The molecule has 1 aliphatic carbocycles. The third-order valence-electron chi connectivity index (χ3n) is 4.73. The summed E-state index contributed by atoms with van der Waals surface area (Å²) in [7, 11) is 1.77. The Morgan fingerprint density at radius 2 is 1.54 bits per heavy atom. The van der Waals surface area contributed by atoms with Gasteiger partial charge >= 0.3 is 0 Å². The number of carbonyl (C=O) groups is 1. The molecular weight excluding hydrogens is 322 g/mol. The van der Waals surface area contributed by atoms with Crippen LogP contribution in [0, 0.1) is 6.92 Å². The third kappa shape index (κ3) is 2.62. The summed E-state index contributed by atoms with van der Waals surface area (Å²) >= 11 is 0. The van der Waals surface area contributed by atoms with Crippen molar-refractivity contribution in [3.63, 3.8) is 0 Å². The molecule has 3 heteroatoms. The van der Waals surface area contributed by atoms with Crippen molar-refractivity contribution in [3.05, 3.63) is 100 Å². The van der Waals surface area contributed by atoms with Crippen LogP contribution in [0.3, 0.4) is 0 Å². The van der Waals surface area contributed by atoms with Gasteiger partial charge in [-0.2, -0.15) is 0 Å². The summed E-state index contributed by atoms with van der Waals surface area (Å²) in [6.45, 7) is 2.43. The summed E-state index contributed by atoms with van der Waals surface area (Å²) in [5, 5.41) is 0. The minimum atomic E-state index is -0.00485. The first-order valence-corrected chi connectivity index (χ1v) is 8.62. The molecule has 0 radical (unpaired) electrons. The number of ketones is 1. The molecular formula is C23H19NO2. The fraction of sp³-hybridized carbons (Fsp3) is 0.130. The molecule has 1 aliphatic rings. The van der Waals surface area contributed by atoms with Crippen molar-refractivity contribution < 1.29 is 9.53 Å². The van der Waals surface area contributed by atoms with Crippen molar-refractivity contribution in [1.82, 2.24) is 0 Å². The minimum Gasteiger partial charge on any atom is -0.488 e. The van der Waals surface area contributed by atoms with Crippen LogP contribution in [0.1, 0.15) is 38.2 Å². The fourth-order valence-electron chi connectivity index (χ4n) is 3.46. The first-order valence-electron chi connectivity index (χ1n) is 8.62. The standard InChI is InChI=1S/C23H19NO2/c1-15-12-13-19(26-14-16-8-4-3-5-9-16)21-20(15)22(24-2)17-10-6-7-11-18(17)23(21)25/h3-13H,14H2,1-2H3. The molecule has 0 fully saturated rings. The minimum absolute atomic E-state index is 0.00485. The van der Waals surface area contributed by atoms with E-state index in [0.717, 1.165) is 28.0 Å². The Morgan fingerprint density at radius 1 is 0.846 bits per heavy atom. The van der Waals surface area contributed by atoms with E-state index in [0.29, 0.717) is 23.5 Å². The Hall–Kier alpha value is -3.20. The van der Waals surface area contributed by atoms with Gasteiger partial charge in [0.25, 0.3) is 0 Å². The van der Waals surface area contributed by atoms with Gasteiger partial charge in [-0.3, -0.25) is 9.79 Å². The number of hydrogen-bond acceptors (Lipinski definition) is 3. The zero-order valence-corrected chi connectivity index (χ0v) is 14.8. The van der Waals surface area contributed by atoms with Gasteiger partial charge in [0.05, 0.1) is 11.3 Å². The summed E-state index contributed by atoms with van der Waals surface area (Å²) < 4.78 is 6.05. The third-order valence-corrected chi connectivity index (χ3v) is 4.73. The molecule has 0 bridgehead atoms. The van der Waals surface area contributed by atoms with Crippen LogP contribution in [0.5, 0.6) is 5.75 Å². The van der Waals surface area contributed by atoms with Gasteiger partial charge in [-0.05, 0) is 24.1 Å². The maximum atomic E-state index is 13.2. The SMILES string of the molecule is CN=C1c2ccccc2C(=O)c2c(OCc3ccccc3)ccc(C)c21. The monoisotopic (exact) mass is 341 g/mol. The maximum absolute atomic E-state index is 13.2. The molecule has 0 unspecified atom stereocenters. The van der Waals surface area contributed by atoms with Crippen LogP contribution in [0.2, 0.25) is 0 Å². The molecule has 0 saturated heterocycles. The number of nitrogens with zero attached hydrogens (tertiary/aromatic N) is 1. The fourth-order valence-corrected chi connectivity index (χ4v) is 3.46. The zero-order chi connectivity index (χ0) is 18.1. The highest BCUT2D eigenvalue weighted by Gasteiger charge is 2.31. The first-order chi connectivity index (χ1) is 12.7. The highest BCUT2D eigenvalue weighted by Crippen LogP contribution is 2.35. The number of aliphatic imine (C=N–C) groups is 1. The van der Waals surface area contributed by atoms with Crippen molar-refractivity contribution in [2.45, 2.75) is 13.5 Å². The number of aryl methyl sites for hydroxylation is 1. The molecule has 0 atom stereocenters. The molecule has 3 nitrogen and oxygen atoms in total. The van der Waals surface area contributed by atoms with Crippen LogP contribution in [-0.4, -0.2) is 18.5 Å². The summed E-state index contributed by atoms with van der Waals surface area (Å²) in [6, 6.07) is 21.5. The molecule has 0 N–H and O–H groups in total. The van der Waals surface area contributed by atoms with E-state index >= 15 is 0 Å². The number of hydrogen-bond donors (Lipinski definition) is 0. The molecule has 0 aliphatic heterocycles. The average molecular weight is 341 g/mol. The highest BCUT2D eigenvalue weighted by molar-refractivity contribution is 6.31. The van der Waals surface area contributed by atoms with Gasteiger partial charge in [-0.15, -0.1) is 0 Å². The predicted molar refractivity (Wildman–Crippen MR) is 103 cm³/mol. The lowest BCUT2D eigenvalue weighted by Crippen LogP contribution is -2.23. The van der Waals surface area contributed by atoms with Crippen molar-refractivity contribution in [1.29, 1.82) is 0 Å². The van der Waals surface area contributed by atoms with E-state index in [4.69, 9.17) is 4.74 Å². The Bertz CT molecular complexity index is 1020. The van der Waals surface area contributed by atoms with E-state index in [-0.39, 0.29) is 5.78 Å². The Kier molecular flexibility index (Phi) is 4.13. The van der Waals surface area contributed by atoms with E-state index in [2.05, 4.69) is 4.99 Å². The zero-order valence-electron chi connectivity index (χ0n) is 14.8. The van der Waals surface area contributed by atoms with Crippen LogP contribution in [0.15, 0.2) is 71.7 Å². The van der Waals surface area contributed by atoms with Crippen molar-refractivity contribution >= 4 is 11.5 Å². The van der Waals surface area contributed by atoms with Crippen LogP contribution >= 0.6 is 0 Å². The van der Waals surface area contributed by atoms with Crippen molar-refractivity contribution in [2.24, 2.45) is 4.99 Å². The summed E-state index contributed by atoms with van der Waals surface area (Å²) in [5.41, 5.74) is 5.98. The second-order valence-electron chi connectivity index (χ2n) is 6.35. The Balaban J connectivity index is 1.83. The van der Waals surface area contributed by atoms with E-state index in [1.165, 1.54) is 0 Å². The quantitative estimate of drug-likeness (QED) is 0.547. The van der Waals surface area contributed by atoms with E-state index in [1.807, 2.05) is 73.7 Å². The molecule has 0 amide bonds. The number of carbonyl (C=O) groups excluding carboxylic acids is 1. The number of benzene rings is 3. The molecule has 0 saturated carbocycles. The predicted octanol–water partition coefficient (Wildman–Crippen LogP) is 4.59. The van der Waals surface area contributed by atoms with E-state index in [1.54, 1.807) is 7.05 Å². The second-order valence-corrected chi connectivity index (χ2v) is 6.35. The summed E-state index contributed by atoms with van der Waals surface area (Å²) in [4.78, 5) is 17.7. The molecule has 128 valence electrons. The topological polar surface area (TPSA) is 38.7 Å². The van der Waals surface area contributed by atoms with Crippen LogP contribution in [0.4, 0.5) is 0 Å². The molecule has 0 spiro atoms. The van der Waals surface area contributed by atoms with Gasteiger partial charge in [-0.25, -0.2) is 0 Å². The van der Waals surface area contributed by atoms with Crippen molar-refractivity contribution in [3.8, 4) is 5.75 Å². The molecule has 4 rings (SSSR count).